The van der Waals surface area contributed by atoms with Gasteiger partial charge in [-0.1, -0.05) is 52.6 Å². The molecule has 0 radical (unpaired) electrons. The molecular weight excluding hydrogens is 513 g/mol. The summed E-state index contributed by atoms with van der Waals surface area (Å²) >= 11 is 17.7. The molecule has 1 N–H and O–H groups in total. The number of aromatic nitrogens is 2. The van der Waals surface area contributed by atoms with Crippen LogP contribution in [-0.2, 0) is 20.7 Å². The van der Waals surface area contributed by atoms with Gasteiger partial charge in [0, 0.05) is 15.6 Å². The maximum atomic E-state index is 13.3. The second-order valence-electron chi connectivity index (χ2n) is 6.87. The molecule has 0 unspecified atom stereocenters. The highest BCUT2D eigenvalue weighted by Crippen LogP contribution is 2.33. The highest BCUT2D eigenvalue weighted by molar-refractivity contribution is 7.92. The molecule has 1 heterocycles. The van der Waals surface area contributed by atoms with Gasteiger partial charge in [-0.05, 0) is 41.1 Å². The molecule has 4 rings (SSSR count). The minimum Gasteiger partial charge on any atom is -0.480 e. The Morgan fingerprint density at radius 1 is 1.06 bits per heavy atom. The van der Waals surface area contributed by atoms with Crippen LogP contribution in [0.4, 0.5) is 5.69 Å². The van der Waals surface area contributed by atoms with Crippen LogP contribution in [0.15, 0.2) is 64.0 Å². The van der Waals surface area contributed by atoms with Crippen LogP contribution in [0.2, 0.25) is 10.0 Å². The van der Waals surface area contributed by atoms with Crippen LogP contribution in [0.1, 0.15) is 5.89 Å². The van der Waals surface area contributed by atoms with Gasteiger partial charge in [-0.25, -0.2) is 8.42 Å². The van der Waals surface area contributed by atoms with Gasteiger partial charge < -0.3 is 9.63 Å². The lowest BCUT2D eigenvalue weighted by molar-refractivity contribution is -0.135. The maximum Gasteiger partial charge on any atom is 0.324 e. The Morgan fingerprint density at radius 3 is 2.42 bits per heavy atom. The number of alkyl halides is 1. The van der Waals surface area contributed by atoms with Gasteiger partial charge in [0.25, 0.3) is 10.0 Å². The van der Waals surface area contributed by atoms with Crippen molar-refractivity contribution in [2.45, 2.75) is 10.8 Å². The van der Waals surface area contributed by atoms with Gasteiger partial charge in [-0.2, -0.15) is 4.98 Å². The van der Waals surface area contributed by atoms with Gasteiger partial charge in [-0.15, -0.1) is 11.6 Å². The van der Waals surface area contributed by atoms with E-state index >= 15 is 0 Å². The first-order chi connectivity index (χ1) is 15.7. The van der Waals surface area contributed by atoms with Gasteiger partial charge in [0.2, 0.25) is 11.7 Å². The summed E-state index contributed by atoms with van der Waals surface area (Å²) in [6, 6.07) is 13.8. The fourth-order valence-electron chi connectivity index (χ4n) is 3.28. The van der Waals surface area contributed by atoms with Gasteiger partial charge in [-0.3, -0.25) is 9.10 Å². The summed E-state index contributed by atoms with van der Waals surface area (Å²) in [6.07, 6.45) is 0. The number of carboxylic acid groups (broad SMARTS) is 1. The number of carboxylic acids is 1. The van der Waals surface area contributed by atoms with Crippen LogP contribution in [0.5, 0.6) is 0 Å². The molecule has 3 aromatic carbocycles. The molecule has 0 atom stereocenters. The van der Waals surface area contributed by atoms with Crippen molar-refractivity contribution >= 4 is 67.3 Å². The number of rotatable bonds is 7. The monoisotopic (exact) mass is 525 g/mol. The molecule has 33 heavy (non-hydrogen) atoms. The standard InChI is InChI=1S/C21H14Cl3N3O5S/c22-10-19-25-21(26-32-19)18-3-1-2-12-6-15(4-5-17(12)18)27(11-20(28)29)33(30,31)16-8-13(23)7-14(24)9-16/h1-9H,10-11H2,(H,28,29). The van der Waals surface area contributed by atoms with Crippen molar-refractivity contribution in [2.75, 3.05) is 10.8 Å². The number of carbonyl (C=O) groups is 1. The van der Waals surface area contributed by atoms with Gasteiger partial charge >= 0.3 is 5.97 Å². The Morgan fingerprint density at radius 2 is 1.79 bits per heavy atom. The van der Waals surface area contributed by atoms with E-state index < -0.39 is 22.5 Å². The molecular formula is C21H14Cl3N3O5S. The van der Waals surface area contributed by atoms with E-state index in [1.54, 1.807) is 30.3 Å². The second-order valence-corrected chi connectivity index (χ2v) is 9.87. The predicted molar refractivity (Wildman–Crippen MR) is 125 cm³/mol. The number of hydrogen-bond donors (Lipinski definition) is 1. The Balaban J connectivity index is 1.84. The number of halogens is 3. The number of aliphatic carboxylic acids is 1. The Kier molecular flexibility index (Phi) is 6.49. The SMILES string of the molecule is O=C(O)CN(c1ccc2c(-c3noc(CCl)n3)cccc2c1)S(=O)(=O)c1cc(Cl)cc(Cl)c1. The van der Waals surface area contributed by atoms with Gasteiger partial charge in [0.1, 0.15) is 12.4 Å². The van der Waals surface area contributed by atoms with Crippen LogP contribution in [0.25, 0.3) is 22.2 Å². The lowest BCUT2D eigenvalue weighted by atomic mass is 10.0. The zero-order chi connectivity index (χ0) is 23.8. The summed E-state index contributed by atoms with van der Waals surface area (Å²) in [4.78, 5) is 15.5. The van der Waals surface area contributed by atoms with Crippen molar-refractivity contribution < 1.29 is 22.8 Å². The highest BCUT2D eigenvalue weighted by Gasteiger charge is 2.28. The van der Waals surface area contributed by atoms with Gasteiger partial charge in [0.15, 0.2) is 0 Å². The molecule has 0 fully saturated rings. The minimum atomic E-state index is -4.30. The number of benzene rings is 3. The molecule has 0 aliphatic heterocycles. The first kappa shape index (κ1) is 23.3. The molecule has 0 aliphatic carbocycles. The summed E-state index contributed by atoms with van der Waals surface area (Å²) in [7, 11) is -4.30. The molecule has 170 valence electrons. The van der Waals surface area contributed by atoms with Crippen LogP contribution >= 0.6 is 34.8 Å². The average molecular weight is 527 g/mol. The third-order valence-corrected chi connectivity index (χ3v) is 7.09. The average Bonchev–Trinajstić information content (AvgIpc) is 3.25. The normalized spacial score (nSPS) is 11.6. The second kappa shape index (κ2) is 9.18. The van der Waals surface area contributed by atoms with E-state index in [2.05, 4.69) is 10.1 Å². The number of sulfonamides is 1. The molecule has 1 aromatic heterocycles. The van der Waals surface area contributed by atoms with Crippen LogP contribution in [0, 0.1) is 0 Å². The van der Waals surface area contributed by atoms with E-state index in [9.17, 15) is 18.3 Å². The van der Waals surface area contributed by atoms with E-state index in [4.69, 9.17) is 39.3 Å². The summed E-state index contributed by atoms with van der Waals surface area (Å²) < 4.78 is 32.5. The maximum absolute atomic E-state index is 13.3. The third kappa shape index (κ3) is 4.77. The number of hydrogen-bond acceptors (Lipinski definition) is 6. The molecule has 0 saturated carbocycles. The third-order valence-electron chi connectivity index (χ3n) is 4.68. The Hall–Kier alpha value is -2.85. The van der Waals surface area contributed by atoms with E-state index in [0.29, 0.717) is 22.2 Å². The fraction of sp³-hybridized carbons (Fsp3) is 0.0952. The van der Waals surface area contributed by atoms with Crippen LogP contribution in [0.3, 0.4) is 0 Å². The zero-order valence-corrected chi connectivity index (χ0v) is 19.7. The van der Waals surface area contributed by atoms with Crippen molar-refractivity contribution in [2.24, 2.45) is 0 Å². The lowest BCUT2D eigenvalue weighted by Crippen LogP contribution is -2.35. The topological polar surface area (TPSA) is 114 Å². The summed E-state index contributed by atoms with van der Waals surface area (Å²) in [5.74, 6) is -0.676. The zero-order valence-electron chi connectivity index (χ0n) is 16.6. The van der Waals surface area contributed by atoms with E-state index in [1.807, 2.05) is 0 Å². The van der Waals surface area contributed by atoms with E-state index in [0.717, 1.165) is 4.31 Å². The Labute approximate surface area is 203 Å². The molecule has 8 nitrogen and oxygen atoms in total. The first-order valence-corrected chi connectivity index (χ1v) is 12.0. The molecule has 12 heteroatoms. The number of anilines is 1. The predicted octanol–water partition coefficient (Wildman–Crippen LogP) is 5.22. The van der Waals surface area contributed by atoms with Crippen molar-refractivity contribution in [1.29, 1.82) is 0 Å². The molecule has 0 aliphatic rings. The first-order valence-electron chi connectivity index (χ1n) is 9.31. The quantitative estimate of drug-likeness (QED) is 0.329. The summed E-state index contributed by atoms with van der Waals surface area (Å²) in [5.41, 5.74) is 0.793. The van der Waals surface area contributed by atoms with Gasteiger partial charge in [0.05, 0.1) is 10.6 Å². The summed E-state index contributed by atoms with van der Waals surface area (Å²) in [5, 5.41) is 14.9. The molecule has 0 spiro atoms. The van der Waals surface area contributed by atoms with Crippen molar-refractivity contribution in [3.05, 3.63) is 70.5 Å². The van der Waals surface area contributed by atoms with E-state index in [-0.39, 0.29) is 32.4 Å². The van der Waals surface area contributed by atoms with Crippen LogP contribution in [-0.4, -0.2) is 36.2 Å². The number of fused-ring (bicyclic) bond motifs is 1. The largest absolute Gasteiger partial charge is 0.480 e. The molecule has 0 amide bonds. The summed E-state index contributed by atoms with van der Waals surface area (Å²) in [6.45, 7) is -0.804. The van der Waals surface area contributed by atoms with Crippen molar-refractivity contribution in [3.63, 3.8) is 0 Å². The van der Waals surface area contributed by atoms with E-state index in [1.165, 1.54) is 24.3 Å². The lowest BCUT2D eigenvalue weighted by Gasteiger charge is -2.23. The molecule has 4 aromatic rings. The van der Waals surface area contributed by atoms with Crippen molar-refractivity contribution in [3.8, 4) is 11.4 Å². The van der Waals surface area contributed by atoms with Crippen LogP contribution < -0.4 is 4.31 Å². The van der Waals surface area contributed by atoms with Crippen molar-refractivity contribution in [1.82, 2.24) is 10.1 Å². The molecule has 0 bridgehead atoms. The Bertz CT molecular complexity index is 1450. The molecule has 0 saturated heterocycles. The smallest absolute Gasteiger partial charge is 0.324 e. The number of nitrogens with zero attached hydrogens (tertiary/aromatic N) is 3. The fourth-order valence-corrected chi connectivity index (χ4v) is 5.52. The minimum absolute atomic E-state index is 0.0669. The highest BCUT2D eigenvalue weighted by atomic mass is 35.5.